The summed E-state index contributed by atoms with van der Waals surface area (Å²) in [7, 11) is 0. The SMILES string of the molecule is Cc1nc(-c2cc3c(c(C)n2)CCCC3)cc2c1CCCC2. The monoisotopic (exact) mass is 292 g/mol. The average Bonchev–Trinajstić information content (AvgIpc) is 2.55. The molecule has 0 N–H and O–H groups in total. The van der Waals surface area contributed by atoms with Crippen LogP contribution in [0.25, 0.3) is 11.4 Å². The smallest absolute Gasteiger partial charge is 0.0892 e. The fraction of sp³-hybridized carbons (Fsp3) is 0.500. The molecule has 0 atom stereocenters. The molecule has 0 aromatic carbocycles. The van der Waals surface area contributed by atoms with Crippen LogP contribution in [0.1, 0.15) is 59.3 Å². The van der Waals surface area contributed by atoms with Crippen LogP contribution in [-0.4, -0.2) is 9.97 Å². The number of fused-ring (bicyclic) bond motifs is 2. The van der Waals surface area contributed by atoms with Gasteiger partial charge in [0.05, 0.1) is 11.4 Å². The van der Waals surface area contributed by atoms with Gasteiger partial charge in [0.2, 0.25) is 0 Å². The maximum Gasteiger partial charge on any atom is 0.0892 e. The molecule has 2 aromatic rings. The molecule has 2 aromatic heterocycles. The van der Waals surface area contributed by atoms with E-state index in [2.05, 4.69) is 26.0 Å². The Hall–Kier alpha value is -1.70. The third-order valence-electron chi connectivity index (χ3n) is 5.36. The molecule has 0 fully saturated rings. The van der Waals surface area contributed by atoms with E-state index in [1.165, 1.54) is 85.0 Å². The highest BCUT2D eigenvalue weighted by Crippen LogP contribution is 2.30. The van der Waals surface area contributed by atoms with Gasteiger partial charge in [-0.05, 0) is 99.6 Å². The van der Waals surface area contributed by atoms with Crippen molar-refractivity contribution in [3.8, 4) is 11.4 Å². The molecule has 2 nitrogen and oxygen atoms in total. The molecule has 2 heterocycles. The number of pyridine rings is 2. The number of aryl methyl sites for hydroxylation is 4. The lowest BCUT2D eigenvalue weighted by atomic mass is 9.88. The van der Waals surface area contributed by atoms with Gasteiger partial charge in [-0.15, -0.1) is 0 Å². The van der Waals surface area contributed by atoms with Gasteiger partial charge in [-0.1, -0.05) is 0 Å². The molecule has 22 heavy (non-hydrogen) atoms. The summed E-state index contributed by atoms with van der Waals surface area (Å²) in [6, 6.07) is 4.61. The Morgan fingerprint density at radius 1 is 0.636 bits per heavy atom. The Balaban J connectivity index is 1.82. The molecule has 0 bridgehead atoms. The zero-order valence-corrected chi connectivity index (χ0v) is 13.7. The Morgan fingerprint density at radius 2 is 1.05 bits per heavy atom. The highest BCUT2D eigenvalue weighted by atomic mass is 14.8. The Morgan fingerprint density at radius 3 is 1.50 bits per heavy atom. The molecule has 0 unspecified atom stereocenters. The van der Waals surface area contributed by atoms with Crippen LogP contribution < -0.4 is 0 Å². The van der Waals surface area contributed by atoms with Crippen LogP contribution in [0, 0.1) is 13.8 Å². The summed E-state index contributed by atoms with van der Waals surface area (Å²) >= 11 is 0. The van der Waals surface area contributed by atoms with Gasteiger partial charge < -0.3 is 0 Å². The van der Waals surface area contributed by atoms with Crippen LogP contribution in [0.4, 0.5) is 0 Å². The Labute approximate surface area is 133 Å². The fourth-order valence-corrected chi connectivity index (χ4v) is 4.16. The maximum absolute atomic E-state index is 4.88. The highest BCUT2D eigenvalue weighted by molar-refractivity contribution is 5.60. The van der Waals surface area contributed by atoms with Crippen LogP contribution in [0.5, 0.6) is 0 Å². The third kappa shape index (κ3) is 2.35. The van der Waals surface area contributed by atoms with Gasteiger partial charge in [0, 0.05) is 11.4 Å². The van der Waals surface area contributed by atoms with Crippen molar-refractivity contribution in [3.63, 3.8) is 0 Å². The Kier molecular flexibility index (Phi) is 3.48. The van der Waals surface area contributed by atoms with Crippen LogP contribution in [-0.2, 0) is 25.7 Å². The highest BCUT2D eigenvalue weighted by Gasteiger charge is 2.18. The van der Waals surface area contributed by atoms with Crippen molar-refractivity contribution in [1.82, 2.24) is 9.97 Å². The summed E-state index contributed by atoms with van der Waals surface area (Å²) in [5, 5.41) is 0. The van der Waals surface area contributed by atoms with Gasteiger partial charge in [-0.3, -0.25) is 9.97 Å². The molecule has 114 valence electrons. The van der Waals surface area contributed by atoms with Crippen LogP contribution in [0.3, 0.4) is 0 Å². The van der Waals surface area contributed by atoms with E-state index in [0.717, 1.165) is 11.4 Å². The second kappa shape index (κ2) is 5.49. The van der Waals surface area contributed by atoms with E-state index < -0.39 is 0 Å². The first-order chi connectivity index (χ1) is 10.7. The van der Waals surface area contributed by atoms with Gasteiger partial charge in [0.25, 0.3) is 0 Å². The maximum atomic E-state index is 4.88. The minimum absolute atomic E-state index is 1.08. The number of nitrogens with zero attached hydrogens (tertiary/aromatic N) is 2. The quantitative estimate of drug-likeness (QED) is 0.772. The molecule has 2 aliphatic carbocycles. The zero-order valence-electron chi connectivity index (χ0n) is 13.7. The van der Waals surface area contributed by atoms with Gasteiger partial charge in [-0.25, -0.2) is 0 Å². The molecule has 0 spiro atoms. The van der Waals surface area contributed by atoms with Crippen molar-refractivity contribution in [2.45, 2.75) is 65.2 Å². The van der Waals surface area contributed by atoms with Gasteiger partial charge in [0.1, 0.15) is 0 Å². The van der Waals surface area contributed by atoms with Crippen molar-refractivity contribution in [2.75, 3.05) is 0 Å². The Bertz CT molecular complexity index is 667. The zero-order chi connectivity index (χ0) is 15.1. The summed E-state index contributed by atoms with van der Waals surface area (Å²) in [6.45, 7) is 4.33. The van der Waals surface area contributed by atoms with E-state index in [0.29, 0.717) is 0 Å². The topological polar surface area (TPSA) is 25.8 Å². The molecule has 0 amide bonds. The number of rotatable bonds is 1. The number of aromatic nitrogens is 2. The normalized spacial score (nSPS) is 17.0. The number of hydrogen-bond donors (Lipinski definition) is 0. The molecular weight excluding hydrogens is 268 g/mol. The first-order valence-electron chi connectivity index (χ1n) is 8.71. The average molecular weight is 292 g/mol. The molecule has 2 heteroatoms. The fourth-order valence-electron chi connectivity index (χ4n) is 4.16. The standard InChI is InChI=1S/C20H24N2/c1-13-17-9-5-3-7-15(17)11-19(21-13)20-12-16-8-4-6-10-18(16)14(2)22-20/h11-12H,3-10H2,1-2H3. The number of hydrogen-bond acceptors (Lipinski definition) is 2. The van der Waals surface area contributed by atoms with Crippen molar-refractivity contribution < 1.29 is 0 Å². The van der Waals surface area contributed by atoms with Crippen LogP contribution >= 0.6 is 0 Å². The summed E-state index contributed by atoms with van der Waals surface area (Å²) in [5.74, 6) is 0. The van der Waals surface area contributed by atoms with Gasteiger partial charge in [-0.2, -0.15) is 0 Å². The first kappa shape index (κ1) is 13.9. The van der Waals surface area contributed by atoms with Crippen LogP contribution in [0.15, 0.2) is 12.1 Å². The predicted octanol–water partition coefficient (Wildman–Crippen LogP) is 4.52. The summed E-state index contributed by atoms with van der Waals surface area (Å²) < 4.78 is 0. The van der Waals surface area contributed by atoms with Crippen molar-refractivity contribution >= 4 is 0 Å². The van der Waals surface area contributed by atoms with E-state index in [4.69, 9.17) is 9.97 Å². The first-order valence-corrected chi connectivity index (χ1v) is 8.71. The minimum atomic E-state index is 1.08. The largest absolute Gasteiger partial charge is 0.251 e. The molecule has 0 saturated heterocycles. The third-order valence-corrected chi connectivity index (χ3v) is 5.36. The summed E-state index contributed by atoms with van der Waals surface area (Å²) in [5.41, 5.74) is 10.6. The second-order valence-electron chi connectivity index (χ2n) is 6.88. The molecule has 0 aliphatic heterocycles. The van der Waals surface area contributed by atoms with E-state index in [9.17, 15) is 0 Å². The van der Waals surface area contributed by atoms with Crippen molar-refractivity contribution in [3.05, 3.63) is 45.8 Å². The molecule has 2 aliphatic rings. The molecule has 0 saturated carbocycles. The molecule has 4 rings (SSSR count). The lowest BCUT2D eigenvalue weighted by Gasteiger charge is -2.21. The minimum Gasteiger partial charge on any atom is -0.251 e. The van der Waals surface area contributed by atoms with E-state index >= 15 is 0 Å². The van der Waals surface area contributed by atoms with E-state index in [-0.39, 0.29) is 0 Å². The second-order valence-corrected chi connectivity index (χ2v) is 6.88. The summed E-state index contributed by atoms with van der Waals surface area (Å²) in [6.07, 6.45) is 10.1. The van der Waals surface area contributed by atoms with E-state index in [1.54, 1.807) is 0 Å². The summed E-state index contributed by atoms with van der Waals surface area (Å²) in [4.78, 5) is 9.77. The van der Waals surface area contributed by atoms with Gasteiger partial charge >= 0.3 is 0 Å². The molecule has 0 radical (unpaired) electrons. The van der Waals surface area contributed by atoms with E-state index in [1.807, 2.05) is 0 Å². The van der Waals surface area contributed by atoms with Crippen molar-refractivity contribution in [2.24, 2.45) is 0 Å². The molecular formula is C20H24N2. The van der Waals surface area contributed by atoms with Crippen molar-refractivity contribution in [1.29, 1.82) is 0 Å². The lowest BCUT2D eigenvalue weighted by Crippen LogP contribution is -2.10. The van der Waals surface area contributed by atoms with Gasteiger partial charge in [0.15, 0.2) is 0 Å². The predicted molar refractivity (Wildman–Crippen MR) is 90.2 cm³/mol. The van der Waals surface area contributed by atoms with Crippen LogP contribution in [0.2, 0.25) is 0 Å². The lowest BCUT2D eigenvalue weighted by molar-refractivity contribution is 0.675.